The Labute approximate surface area is 56.8 Å². The van der Waals surface area contributed by atoms with Gasteiger partial charge in [-0.1, -0.05) is 6.58 Å². The average Bonchev–Trinajstić information content (AvgIpc) is 1.90. The average molecular weight is 129 g/mol. The number of likely N-dealkylation sites (N-methyl/N-ethyl adjacent to an activating group) is 1. The Kier molecular flexibility index (Phi) is 4.14. The van der Waals surface area contributed by atoms with Gasteiger partial charge in [0.15, 0.2) is 0 Å². The zero-order chi connectivity index (χ0) is 7.28. The molecule has 2 nitrogen and oxygen atoms in total. The molecular weight excluding hydrogens is 114 g/mol. The lowest BCUT2D eigenvalue weighted by atomic mass is 10.4. The molecule has 2 heteroatoms. The van der Waals surface area contributed by atoms with Crippen LogP contribution in [0.3, 0.4) is 0 Å². The Balaban J connectivity index is 3.64. The first-order valence-electron chi connectivity index (χ1n) is 3.29. The number of rotatable bonds is 4. The fraction of sp³-hybridized carbons (Fsp3) is 0.714. The van der Waals surface area contributed by atoms with Gasteiger partial charge in [-0.3, -0.25) is 0 Å². The first kappa shape index (κ1) is 8.50. The Morgan fingerprint density at radius 1 is 1.44 bits per heavy atom. The van der Waals surface area contributed by atoms with Gasteiger partial charge in [0, 0.05) is 18.8 Å². The molecule has 0 heterocycles. The summed E-state index contributed by atoms with van der Waals surface area (Å²) in [4.78, 5) is 2.03. The van der Waals surface area contributed by atoms with Gasteiger partial charge in [0.1, 0.15) is 0 Å². The summed E-state index contributed by atoms with van der Waals surface area (Å²) in [6, 6.07) is 0. The largest absolute Gasteiger partial charge is 0.390 e. The number of nitrogens with zero attached hydrogens (tertiary/aromatic N) is 1. The Bertz CT molecular complexity index is 86.9. The molecule has 0 aliphatic rings. The zero-order valence-electron chi connectivity index (χ0n) is 6.22. The van der Waals surface area contributed by atoms with Crippen LogP contribution in [0.4, 0.5) is 0 Å². The van der Waals surface area contributed by atoms with E-state index < -0.39 is 0 Å². The van der Waals surface area contributed by atoms with Gasteiger partial charge < -0.3 is 10.0 Å². The molecule has 0 saturated carbocycles. The Morgan fingerprint density at radius 3 is 2.00 bits per heavy atom. The molecular formula is C7H15NO. The van der Waals surface area contributed by atoms with Crippen LogP contribution in [0.2, 0.25) is 0 Å². The molecule has 0 atom stereocenters. The van der Waals surface area contributed by atoms with E-state index in [2.05, 4.69) is 6.58 Å². The maximum Gasteiger partial charge on any atom is 0.0823 e. The minimum Gasteiger partial charge on any atom is -0.390 e. The van der Waals surface area contributed by atoms with Crippen molar-refractivity contribution in [2.24, 2.45) is 0 Å². The van der Waals surface area contributed by atoms with Gasteiger partial charge in [-0.25, -0.2) is 0 Å². The molecule has 0 saturated heterocycles. The topological polar surface area (TPSA) is 23.5 Å². The fourth-order valence-electron chi connectivity index (χ4n) is 0.771. The fourth-order valence-corrected chi connectivity index (χ4v) is 0.771. The van der Waals surface area contributed by atoms with Crippen LogP contribution in [0.1, 0.15) is 13.8 Å². The molecule has 0 unspecified atom stereocenters. The van der Waals surface area contributed by atoms with Crippen LogP contribution in [-0.2, 0) is 0 Å². The molecule has 9 heavy (non-hydrogen) atoms. The van der Waals surface area contributed by atoms with Crippen molar-refractivity contribution in [2.75, 3.05) is 19.7 Å². The van der Waals surface area contributed by atoms with Crippen LogP contribution < -0.4 is 0 Å². The van der Waals surface area contributed by atoms with Gasteiger partial charge in [0.2, 0.25) is 0 Å². The Morgan fingerprint density at radius 2 is 1.89 bits per heavy atom. The lowest BCUT2D eigenvalue weighted by molar-refractivity contribution is 0.264. The van der Waals surface area contributed by atoms with Crippen LogP contribution >= 0.6 is 0 Å². The van der Waals surface area contributed by atoms with Crippen molar-refractivity contribution in [3.05, 3.63) is 12.3 Å². The maximum absolute atomic E-state index is 8.63. The lowest BCUT2D eigenvalue weighted by Crippen LogP contribution is -2.23. The van der Waals surface area contributed by atoms with E-state index >= 15 is 0 Å². The number of aliphatic hydroxyl groups excluding tert-OH is 1. The van der Waals surface area contributed by atoms with Crippen molar-refractivity contribution in [2.45, 2.75) is 13.8 Å². The molecule has 0 radical (unpaired) electrons. The first-order chi connectivity index (χ1) is 4.26. The molecule has 0 aromatic rings. The number of hydrogen-bond donors (Lipinski definition) is 1. The molecule has 0 rings (SSSR count). The van der Waals surface area contributed by atoms with Crippen LogP contribution in [-0.4, -0.2) is 29.7 Å². The van der Waals surface area contributed by atoms with Crippen molar-refractivity contribution in [1.29, 1.82) is 0 Å². The van der Waals surface area contributed by atoms with Crippen molar-refractivity contribution >= 4 is 0 Å². The van der Waals surface area contributed by atoms with Crippen LogP contribution in [0, 0.1) is 0 Å². The first-order valence-corrected chi connectivity index (χ1v) is 3.29. The van der Waals surface area contributed by atoms with Gasteiger partial charge in [-0.05, 0) is 13.8 Å². The lowest BCUT2D eigenvalue weighted by Gasteiger charge is -2.21. The third kappa shape index (κ3) is 2.51. The number of hydrogen-bond acceptors (Lipinski definition) is 2. The molecule has 0 spiro atoms. The van der Waals surface area contributed by atoms with Crippen LogP contribution in [0.15, 0.2) is 12.3 Å². The summed E-state index contributed by atoms with van der Waals surface area (Å²) in [5, 5.41) is 8.63. The van der Waals surface area contributed by atoms with E-state index in [0.29, 0.717) is 0 Å². The monoisotopic (exact) mass is 129 g/mol. The normalized spacial score (nSPS) is 9.22. The smallest absolute Gasteiger partial charge is 0.0823 e. The Hall–Kier alpha value is -0.500. The van der Waals surface area contributed by atoms with E-state index in [9.17, 15) is 0 Å². The molecule has 0 aromatic carbocycles. The molecule has 0 aliphatic carbocycles. The minimum absolute atomic E-state index is 0.0711. The van der Waals surface area contributed by atoms with Crippen LogP contribution in [0.5, 0.6) is 0 Å². The van der Waals surface area contributed by atoms with Gasteiger partial charge in [-0.15, -0.1) is 0 Å². The SMILES string of the molecule is C=C(CO)N(CC)CC. The summed E-state index contributed by atoms with van der Waals surface area (Å²) in [5.74, 6) is 0. The molecule has 54 valence electrons. The highest BCUT2D eigenvalue weighted by atomic mass is 16.3. The predicted molar refractivity (Wildman–Crippen MR) is 39.1 cm³/mol. The summed E-state index contributed by atoms with van der Waals surface area (Å²) >= 11 is 0. The second kappa shape index (κ2) is 4.39. The maximum atomic E-state index is 8.63. The molecule has 0 aromatic heterocycles. The van der Waals surface area contributed by atoms with E-state index in [1.807, 2.05) is 18.7 Å². The van der Waals surface area contributed by atoms with Crippen molar-refractivity contribution in [3.8, 4) is 0 Å². The standard InChI is InChI=1S/C7H15NO/c1-4-8(5-2)7(3)6-9/h9H,3-6H2,1-2H3. The highest BCUT2D eigenvalue weighted by Crippen LogP contribution is 1.97. The zero-order valence-corrected chi connectivity index (χ0v) is 6.22. The summed E-state index contributed by atoms with van der Waals surface area (Å²) in [6.07, 6.45) is 0. The van der Waals surface area contributed by atoms with E-state index in [-0.39, 0.29) is 6.61 Å². The van der Waals surface area contributed by atoms with E-state index in [1.54, 1.807) is 0 Å². The minimum atomic E-state index is 0.0711. The van der Waals surface area contributed by atoms with Gasteiger partial charge in [-0.2, -0.15) is 0 Å². The van der Waals surface area contributed by atoms with E-state index in [4.69, 9.17) is 5.11 Å². The second-order valence-electron chi connectivity index (χ2n) is 1.90. The van der Waals surface area contributed by atoms with Crippen LogP contribution in [0.25, 0.3) is 0 Å². The summed E-state index contributed by atoms with van der Waals surface area (Å²) in [5.41, 5.74) is 0.806. The summed E-state index contributed by atoms with van der Waals surface area (Å²) in [7, 11) is 0. The second-order valence-corrected chi connectivity index (χ2v) is 1.90. The van der Waals surface area contributed by atoms with Crippen molar-refractivity contribution < 1.29 is 5.11 Å². The molecule has 0 fully saturated rings. The van der Waals surface area contributed by atoms with Gasteiger partial charge >= 0.3 is 0 Å². The quantitative estimate of drug-likeness (QED) is 0.608. The van der Waals surface area contributed by atoms with E-state index in [1.165, 1.54) is 0 Å². The number of aliphatic hydroxyl groups is 1. The van der Waals surface area contributed by atoms with Gasteiger partial charge in [0.25, 0.3) is 0 Å². The summed E-state index contributed by atoms with van der Waals surface area (Å²) in [6.45, 7) is 9.71. The van der Waals surface area contributed by atoms with Gasteiger partial charge in [0.05, 0.1) is 6.61 Å². The third-order valence-electron chi connectivity index (χ3n) is 1.39. The molecule has 0 amide bonds. The summed E-state index contributed by atoms with van der Waals surface area (Å²) < 4.78 is 0. The molecule has 0 bridgehead atoms. The van der Waals surface area contributed by atoms with Crippen molar-refractivity contribution in [1.82, 2.24) is 4.90 Å². The molecule has 1 N–H and O–H groups in total. The highest BCUT2D eigenvalue weighted by Gasteiger charge is 1.98. The van der Waals surface area contributed by atoms with E-state index in [0.717, 1.165) is 18.8 Å². The predicted octanol–water partition coefficient (Wildman–Crippen LogP) is 0.834. The molecule has 0 aliphatic heterocycles. The highest BCUT2D eigenvalue weighted by molar-refractivity contribution is 4.92. The van der Waals surface area contributed by atoms with Crippen molar-refractivity contribution in [3.63, 3.8) is 0 Å². The third-order valence-corrected chi connectivity index (χ3v) is 1.39.